The van der Waals surface area contributed by atoms with Crippen molar-refractivity contribution in [1.29, 1.82) is 0 Å². The summed E-state index contributed by atoms with van der Waals surface area (Å²) in [7, 11) is 0. The number of amides is 2. The van der Waals surface area contributed by atoms with Crippen molar-refractivity contribution in [3.05, 3.63) is 29.8 Å². The van der Waals surface area contributed by atoms with E-state index in [1.165, 1.54) is 12.8 Å². The zero-order valence-corrected chi connectivity index (χ0v) is 16.3. The van der Waals surface area contributed by atoms with Gasteiger partial charge in [0, 0.05) is 29.9 Å². The fourth-order valence-electron chi connectivity index (χ4n) is 4.16. The number of benzene rings is 1. The van der Waals surface area contributed by atoms with Crippen molar-refractivity contribution >= 4 is 17.5 Å². The Morgan fingerprint density at radius 3 is 2.52 bits per heavy atom. The topological polar surface area (TPSA) is 87.5 Å². The molecule has 2 unspecified atom stereocenters. The Morgan fingerprint density at radius 2 is 1.85 bits per heavy atom. The summed E-state index contributed by atoms with van der Waals surface area (Å²) in [6, 6.07) is 7.07. The van der Waals surface area contributed by atoms with Crippen LogP contribution in [-0.4, -0.2) is 48.4 Å². The van der Waals surface area contributed by atoms with E-state index >= 15 is 0 Å². The molecule has 27 heavy (non-hydrogen) atoms. The summed E-state index contributed by atoms with van der Waals surface area (Å²) in [6.07, 6.45) is 6.34. The molecule has 1 heterocycles. The Morgan fingerprint density at radius 1 is 1.15 bits per heavy atom. The maximum atomic E-state index is 12.6. The average molecular weight is 373 g/mol. The molecule has 2 fully saturated rings. The molecule has 1 saturated heterocycles. The van der Waals surface area contributed by atoms with Gasteiger partial charge in [-0.3, -0.25) is 9.59 Å². The number of likely N-dealkylation sites (tertiary alicyclic amines) is 1. The van der Waals surface area contributed by atoms with Gasteiger partial charge in [-0.15, -0.1) is 0 Å². The summed E-state index contributed by atoms with van der Waals surface area (Å²) in [5, 5.41) is 5.92. The van der Waals surface area contributed by atoms with E-state index in [9.17, 15) is 9.59 Å². The summed E-state index contributed by atoms with van der Waals surface area (Å²) >= 11 is 0. The number of hydrogen-bond acceptors (Lipinski definition) is 4. The van der Waals surface area contributed by atoms with Gasteiger partial charge in [0.05, 0.1) is 5.92 Å². The number of nitrogens with zero attached hydrogens (tertiary/aromatic N) is 1. The van der Waals surface area contributed by atoms with E-state index in [4.69, 9.17) is 5.73 Å². The van der Waals surface area contributed by atoms with Crippen LogP contribution in [0.2, 0.25) is 0 Å². The van der Waals surface area contributed by atoms with E-state index in [2.05, 4.69) is 15.5 Å². The van der Waals surface area contributed by atoms with Crippen molar-refractivity contribution in [1.82, 2.24) is 10.2 Å². The first kappa shape index (κ1) is 19.8. The van der Waals surface area contributed by atoms with Crippen LogP contribution in [0.3, 0.4) is 0 Å². The number of carbonyl (C=O) groups is 2. The number of carbonyl (C=O) groups excluding carboxylic acids is 2. The number of nitrogens with two attached hydrogens (primary N) is 1. The molecular weight excluding hydrogens is 340 g/mol. The van der Waals surface area contributed by atoms with Gasteiger partial charge in [0.25, 0.3) is 5.91 Å². The van der Waals surface area contributed by atoms with Gasteiger partial charge in [0.2, 0.25) is 5.91 Å². The fourth-order valence-corrected chi connectivity index (χ4v) is 4.16. The second kappa shape index (κ2) is 8.85. The Kier molecular flexibility index (Phi) is 6.50. The molecule has 0 spiro atoms. The smallest absolute Gasteiger partial charge is 0.251 e. The van der Waals surface area contributed by atoms with Crippen LogP contribution >= 0.6 is 0 Å². The van der Waals surface area contributed by atoms with Gasteiger partial charge in [-0.1, -0.05) is 12.8 Å². The molecule has 0 radical (unpaired) electrons. The minimum absolute atomic E-state index is 0.0254. The molecule has 1 aliphatic heterocycles. The summed E-state index contributed by atoms with van der Waals surface area (Å²) < 4.78 is 0. The van der Waals surface area contributed by atoms with Crippen molar-refractivity contribution in [2.75, 3.05) is 31.5 Å². The molecule has 0 bridgehead atoms. The van der Waals surface area contributed by atoms with Crippen LogP contribution in [0.1, 0.15) is 55.8 Å². The van der Waals surface area contributed by atoms with E-state index in [1.807, 2.05) is 6.92 Å². The predicted octanol–water partition coefficient (Wildman–Crippen LogP) is 2.36. The maximum absolute atomic E-state index is 12.6. The van der Waals surface area contributed by atoms with Crippen LogP contribution in [0.15, 0.2) is 24.3 Å². The van der Waals surface area contributed by atoms with Gasteiger partial charge >= 0.3 is 0 Å². The second-order valence-corrected chi connectivity index (χ2v) is 8.18. The number of nitrogens with one attached hydrogen (secondary N) is 2. The van der Waals surface area contributed by atoms with Crippen LogP contribution in [0.4, 0.5) is 5.69 Å². The lowest BCUT2D eigenvalue weighted by atomic mass is 9.74. The van der Waals surface area contributed by atoms with E-state index in [1.54, 1.807) is 24.3 Å². The highest BCUT2D eigenvalue weighted by molar-refractivity contribution is 5.96. The molecule has 1 aromatic rings. The van der Waals surface area contributed by atoms with E-state index < -0.39 is 5.54 Å². The first-order valence-corrected chi connectivity index (χ1v) is 10.2. The van der Waals surface area contributed by atoms with Crippen molar-refractivity contribution in [2.24, 2.45) is 11.7 Å². The van der Waals surface area contributed by atoms with Crippen LogP contribution in [0.25, 0.3) is 0 Å². The molecule has 3 rings (SSSR count). The molecule has 1 aromatic carbocycles. The van der Waals surface area contributed by atoms with Crippen LogP contribution in [0, 0.1) is 5.92 Å². The zero-order valence-electron chi connectivity index (χ0n) is 16.3. The summed E-state index contributed by atoms with van der Waals surface area (Å²) in [4.78, 5) is 27.2. The highest BCUT2D eigenvalue weighted by atomic mass is 16.2. The van der Waals surface area contributed by atoms with Crippen molar-refractivity contribution in [3.8, 4) is 0 Å². The second-order valence-electron chi connectivity index (χ2n) is 8.18. The molecule has 1 saturated carbocycles. The third-order valence-corrected chi connectivity index (χ3v) is 5.90. The number of anilines is 1. The Bertz CT molecular complexity index is 651. The highest BCUT2D eigenvalue weighted by Gasteiger charge is 2.37. The van der Waals surface area contributed by atoms with Crippen LogP contribution in [0.5, 0.6) is 0 Å². The van der Waals surface area contributed by atoms with E-state index in [0.29, 0.717) is 17.8 Å². The molecule has 0 aromatic heterocycles. The molecule has 4 N–H and O–H groups in total. The standard InChI is InChI=1S/C21H32N4O2/c1-21(22)11-3-2-6-18(21)20(27)24-17-9-7-16(8-10-17)19(26)23-12-15-25-13-4-5-14-25/h7-10,18H,2-6,11-15,22H2,1H3,(H,23,26)(H,24,27). The maximum Gasteiger partial charge on any atom is 0.251 e. The van der Waals surface area contributed by atoms with E-state index in [-0.39, 0.29) is 17.7 Å². The van der Waals surface area contributed by atoms with Gasteiger partial charge in [0.15, 0.2) is 0 Å². The first-order valence-electron chi connectivity index (χ1n) is 10.2. The zero-order chi connectivity index (χ0) is 19.3. The summed E-state index contributed by atoms with van der Waals surface area (Å²) in [5.41, 5.74) is 7.18. The monoisotopic (exact) mass is 372 g/mol. The van der Waals surface area contributed by atoms with Crippen LogP contribution < -0.4 is 16.4 Å². The average Bonchev–Trinajstić information content (AvgIpc) is 3.15. The lowest BCUT2D eigenvalue weighted by Crippen LogP contribution is -2.51. The summed E-state index contributed by atoms with van der Waals surface area (Å²) in [6.45, 7) is 5.79. The van der Waals surface area contributed by atoms with Gasteiger partial charge in [0.1, 0.15) is 0 Å². The van der Waals surface area contributed by atoms with Gasteiger partial charge in [-0.05, 0) is 70.0 Å². The fraction of sp³-hybridized carbons (Fsp3) is 0.619. The Labute approximate surface area is 161 Å². The highest BCUT2D eigenvalue weighted by Crippen LogP contribution is 2.32. The van der Waals surface area contributed by atoms with Crippen molar-refractivity contribution in [3.63, 3.8) is 0 Å². The largest absolute Gasteiger partial charge is 0.351 e. The lowest BCUT2D eigenvalue weighted by Gasteiger charge is -2.37. The van der Waals surface area contributed by atoms with E-state index in [0.717, 1.165) is 45.3 Å². The van der Waals surface area contributed by atoms with Gasteiger partial charge in [-0.2, -0.15) is 0 Å². The minimum atomic E-state index is -0.447. The van der Waals surface area contributed by atoms with Crippen molar-refractivity contribution < 1.29 is 9.59 Å². The molecule has 6 nitrogen and oxygen atoms in total. The Balaban J connectivity index is 1.49. The molecule has 1 aliphatic carbocycles. The third kappa shape index (κ3) is 5.30. The van der Waals surface area contributed by atoms with Gasteiger partial charge < -0.3 is 21.3 Å². The number of rotatable bonds is 6. The lowest BCUT2D eigenvalue weighted by molar-refractivity contribution is -0.122. The molecule has 2 amide bonds. The molecule has 6 heteroatoms. The van der Waals surface area contributed by atoms with Crippen LogP contribution in [-0.2, 0) is 4.79 Å². The predicted molar refractivity (Wildman–Crippen MR) is 108 cm³/mol. The van der Waals surface area contributed by atoms with Gasteiger partial charge in [-0.25, -0.2) is 0 Å². The normalized spacial score (nSPS) is 25.9. The molecular formula is C21H32N4O2. The molecule has 2 atom stereocenters. The first-order chi connectivity index (χ1) is 13.0. The quantitative estimate of drug-likeness (QED) is 0.715. The van der Waals surface area contributed by atoms with Crippen molar-refractivity contribution in [2.45, 2.75) is 51.0 Å². The molecule has 2 aliphatic rings. The SMILES string of the molecule is CC1(N)CCCCC1C(=O)Nc1ccc(C(=O)NCCN2CCCC2)cc1. The molecule has 148 valence electrons. The Hall–Kier alpha value is -1.92. The third-order valence-electron chi connectivity index (χ3n) is 5.90. The minimum Gasteiger partial charge on any atom is -0.351 e. The summed E-state index contributed by atoms with van der Waals surface area (Å²) in [5.74, 6) is -0.267. The number of hydrogen-bond donors (Lipinski definition) is 3.